The van der Waals surface area contributed by atoms with Gasteiger partial charge in [0.05, 0.1) is 17.4 Å². The van der Waals surface area contributed by atoms with Crippen LogP contribution in [-0.2, 0) is 4.79 Å². The highest BCUT2D eigenvalue weighted by atomic mass is 79.9. The van der Waals surface area contributed by atoms with E-state index in [0.717, 1.165) is 35.8 Å². The van der Waals surface area contributed by atoms with Gasteiger partial charge >= 0.3 is 0 Å². The van der Waals surface area contributed by atoms with Gasteiger partial charge in [-0.25, -0.2) is 4.98 Å². The van der Waals surface area contributed by atoms with Gasteiger partial charge in [0.2, 0.25) is 5.91 Å². The molecule has 1 aliphatic carbocycles. The number of rotatable bonds is 2. The maximum absolute atomic E-state index is 12.2. The summed E-state index contributed by atoms with van der Waals surface area (Å²) in [6.07, 6.45) is 6.40. The van der Waals surface area contributed by atoms with Crippen LogP contribution in [-0.4, -0.2) is 16.4 Å². The van der Waals surface area contributed by atoms with Crippen molar-refractivity contribution in [1.29, 1.82) is 0 Å². The second-order valence-corrected chi connectivity index (χ2v) is 5.75. The highest BCUT2D eigenvalue weighted by Gasteiger charge is 2.35. The van der Waals surface area contributed by atoms with Crippen molar-refractivity contribution < 1.29 is 4.79 Å². The van der Waals surface area contributed by atoms with Crippen LogP contribution in [0.25, 0.3) is 0 Å². The number of nitrogens with two attached hydrogens (primary N) is 1. The van der Waals surface area contributed by atoms with Crippen molar-refractivity contribution in [3.8, 4) is 0 Å². The summed E-state index contributed by atoms with van der Waals surface area (Å²) in [6.45, 7) is 1.94. The topological polar surface area (TPSA) is 68.0 Å². The average molecular weight is 312 g/mol. The highest BCUT2D eigenvalue weighted by molar-refractivity contribution is 9.10. The Kier molecular flexibility index (Phi) is 4.02. The number of nitrogens with one attached hydrogen (secondary N) is 1. The molecule has 5 heteroatoms. The van der Waals surface area contributed by atoms with Gasteiger partial charge in [-0.15, -0.1) is 0 Å². The van der Waals surface area contributed by atoms with Gasteiger partial charge in [0.25, 0.3) is 0 Å². The summed E-state index contributed by atoms with van der Waals surface area (Å²) in [5.41, 5.74) is 7.16. The molecule has 4 nitrogen and oxygen atoms in total. The molecular formula is C13H18BrN3O. The standard InChI is InChI=1S/C13H18BrN3O/c1-9-7-10(8-16-11(9)14)17-12(18)13(15)5-3-2-4-6-13/h7-8H,2-6,15H2,1H3,(H,17,18). The predicted octanol–water partition coefficient (Wildman–Crippen LogP) is 2.75. The molecule has 98 valence electrons. The zero-order chi connectivity index (χ0) is 13.2. The van der Waals surface area contributed by atoms with Crippen molar-refractivity contribution in [2.24, 2.45) is 5.73 Å². The van der Waals surface area contributed by atoms with Gasteiger partial charge in [-0.1, -0.05) is 19.3 Å². The Hall–Kier alpha value is -0.940. The minimum absolute atomic E-state index is 0.0919. The number of anilines is 1. The number of aryl methyl sites for hydroxylation is 1. The molecule has 1 saturated carbocycles. The molecule has 1 aliphatic rings. The molecule has 1 amide bonds. The lowest BCUT2D eigenvalue weighted by molar-refractivity contribution is -0.122. The Morgan fingerprint density at radius 2 is 2.11 bits per heavy atom. The number of carbonyl (C=O) groups excluding carboxylic acids is 1. The summed E-state index contributed by atoms with van der Waals surface area (Å²) in [5.74, 6) is -0.0919. The van der Waals surface area contributed by atoms with Gasteiger partial charge in [0.15, 0.2) is 0 Å². The van der Waals surface area contributed by atoms with Gasteiger partial charge in [-0.05, 0) is 47.3 Å². The van der Waals surface area contributed by atoms with Crippen LogP contribution in [0.1, 0.15) is 37.7 Å². The Morgan fingerprint density at radius 3 is 2.72 bits per heavy atom. The van der Waals surface area contributed by atoms with Crippen LogP contribution in [0.2, 0.25) is 0 Å². The molecular weight excluding hydrogens is 294 g/mol. The number of amides is 1. The second-order valence-electron chi connectivity index (χ2n) is 5.00. The lowest BCUT2D eigenvalue weighted by atomic mass is 9.82. The van der Waals surface area contributed by atoms with Crippen molar-refractivity contribution in [3.63, 3.8) is 0 Å². The van der Waals surface area contributed by atoms with Gasteiger partial charge < -0.3 is 11.1 Å². The van der Waals surface area contributed by atoms with E-state index >= 15 is 0 Å². The van der Waals surface area contributed by atoms with Gasteiger partial charge in [0.1, 0.15) is 4.60 Å². The SMILES string of the molecule is Cc1cc(NC(=O)C2(N)CCCCC2)cnc1Br. The number of hydrogen-bond acceptors (Lipinski definition) is 3. The first-order valence-electron chi connectivity index (χ1n) is 6.24. The first-order chi connectivity index (χ1) is 8.51. The van der Waals surface area contributed by atoms with E-state index in [-0.39, 0.29) is 5.91 Å². The molecule has 0 bridgehead atoms. The summed E-state index contributed by atoms with van der Waals surface area (Å²) >= 11 is 3.33. The molecule has 0 radical (unpaired) electrons. The van der Waals surface area contributed by atoms with E-state index in [1.807, 2.05) is 13.0 Å². The normalized spacial score (nSPS) is 18.4. The molecule has 0 unspecified atom stereocenters. The molecule has 0 aromatic carbocycles. The number of hydrogen-bond donors (Lipinski definition) is 2. The largest absolute Gasteiger partial charge is 0.323 e. The van der Waals surface area contributed by atoms with Crippen LogP contribution in [0.3, 0.4) is 0 Å². The molecule has 2 rings (SSSR count). The monoisotopic (exact) mass is 311 g/mol. The number of carbonyl (C=O) groups is 1. The Balaban J connectivity index is 2.08. The fraction of sp³-hybridized carbons (Fsp3) is 0.538. The van der Waals surface area contributed by atoms with Crippen molar-refractivity contribution >= 4 is 27.5 Å². The van der Waals surface area contributed by atoms with Crippen molar-refractivity contribution in [2.45, 2.75) is 44.6 Å². The molecule has 1 heterocycles. The third kappa shape index (κ3) is 2.90. The number of halogens is 1. The Labute approximate surface area is 115 Å². The van der Waals surface area contributed by atoms with Crippen LogP contribution in [0.4, 0.5) is 5.69 Å². The van der Waals surface area contributed by atoms with E-state index in [1.165, 1.54) is 6.42 Å². The molecule has 0 atom stereocenters. The third-order valence-corrected chi connectivity index (χ3v) is 4.30. The lowest BCUT2D eigenvalue weighted by Crippen LogP contribution is -2.52. The number of pyridine rings is 1. The van der Waals surface area contributed by atoms with E-state index in [1.54, 1.807) is 6.20 Å². The van der Waals surface area contributed by atoms with Crippen LogP contribution in [0.15, 0.2) is 16.9 Å². The van der Waals surface area contributed by atoms with E-state index in [9.17, 15) is 4.79 Å². The van der Waals surface area contributed by atoms with Crippen molar-refractivity contribution in [1.82, 2.24) is 4.98 Å². The fourth-order valence-corrected chi connectivity index (χ4v) is 2.51. The Morgan fingerprint density at radius 1 is 1.44 bits per heavy atom. The molecule has 3 N–H and O–H groups in total. The summed E-state index contributed by atoms with van der Waals surface area (Å²) < 4.78 is 0.792. The zero-order valence-electron chi connectivity index (χ0n) is 10.5. The molecule has 0 saturated heterocycles. The smallest absolute Gasteiger partial charge is 0.244 e. The fourth-order valence-electron chi connectivity index (χ4n) is 2.29. The number of nitrogens with zero attached hydrogens (tertiary/aromatic N) is 1. The highest BCUT2D eigenvalue weighted by Crippen LogP contribution is 2.27. The summed E-state index contributed by atoms with van der Waals surface area (Å²) in [4.78, 5) is 16.4. The van der Waals surface area contributed by atoms with Gasteiger partial charge in [-0.3, -0.25) is 4.79 Å². The van der Waals surface area contributed by atoms with E-state index in [2.05, 4.69) is 26.2 Å². The molecule has 1 fully saturated rings. The van der Waals surface area contributed by atoms with Crippen LogP contribution in [0.5, 0.6) is 0 Å². The second kappa shape index (κ2) is 5.36. The van der Waals surface area contributed by atoms with Crippen LogP contribution < -0.4 is 11.1 Å². The van der Waals surface area contributed by atoms with Crippen molar-refractivity contribution in [3.05, 3.63) is 22.4 Å². The molecule has 1 aromatic heterocycles. The summed E-state index contributed by atoms with van der Waals surface area (Å²) in [6, 6.07) is 1.89. The summed E-state index contributed by atoms with van der Waals surface area (Å²) in [7, 11) is 0. The van der Waals surface area contributed by atoms with Crippen LogP contribution in [0, 0.1) is 6.92 Å². The molecule has 1 aromatic rings. The first-order valence-corrected chi connectivity index (χ1v) is 7.03. The maximum atomic E-state index is 12.2. The molecule has 18 heavy (non-hydrogen) atoms. The minimum atomic E-state index is -0.709. The molecule has 0 aliphatic heterocycles. The zero-order valence-corrected chi connectivity index (χ0v) is 12.1. The number of aromatic nitrogens is 1. The maximum Gasteiger partial charge on any atom is 0.244 e. The van der Waals surface area contributed by atoms with Crippen LogP contribution >= 0.6 is 15.9 Å². The third-order valence-electron chi connectivity index (χ3n) is 3.47. The van der Waals surface area contributed by atoms with E-state index < -0.39 is 5.54 Å². The minimum Gasteiger partial charge on any atom is -0.323 e. The predicted molar refractivity (Wildman–Crippen MR) is 75.3 cm³/mol. The van der Waals surface area contributed by atoms with E-state index in [4.69, 9.17) is 5.73 Å². The van der Waals surface area contributed by atoms with Crippen molar-refractivity contribution in [2.75, 3.05) is 5.32 Å². The quantitative estimate of drug-likeness (QED) is 0.825. The van der Waals surface area contributed by atoms with Gasteiger partial charge in [-0.2, -0.15) is 0 Å². The average Bonchev–Trinajstić information content (AvgIpc) is 2.35. The Bertz CT molecular complexity index is 456. The van der Waals surface area contributed by atoms with E-state index in [0.29, 0.717) is 5.69 Å². The lowest BCUT2D eigenvalue weighted by Gasteiger charge is -2.31. The summed E-state index contributed by atoms with van der Waals surface area (Å²) in [5, 5.41) is 2.87. The molecule has 0 spiro atoms. The van der Waals surface area contributed by atoms with Gasteiger partial charge in [0, 0.05) is 0 Å². The first kappa shape index (κ1) is 13.5.